The van der Waals surface area contributed by atoms with Gasteiger partial charge in [0.1, 0.15) is 17.8 Å². The van der Waals surface area contributed by atoms with Gasteiger partial charge in [-0.2, -0.15) is 15.0 Å². The van der Waals surface area contributed by atoms with Crippen LogP contribution in [-0.2, 0) is 14.2 Å². The zero-order chi connectivity index (χ0) is 39.1. The molecule has 1 atom stereocenters. The fourth-order valence-electron chi connectivity index (χ4n) is 5.70. The summed E-state index contributed by atoms with van der Waals surface area (Å²) in [7, 11) is 0. The normalized spacial score (nSPS) is 14.4. The largest absolute Gasteiger partial charge is 0.444 e. The molecule has 4 heterocycles. The minimum atomic E-state index is -1.55. The molecule has 2 aliphatic rings. The van der Waals surface area contributed by atoms with E-state index >= 15 is 0 Å². The summed E-state index contributed by atoms with van der Waals surface area (Å²) in [4.78, 5) is 62.5. The lowest BCUT2D eigenvalue weighted by Crippen LogP contribution is -2.41. The number of fused-ring (bicyclic) bond motifs is 2. The molecule has 288 valence electrons. The number of ether oxygens (including phenoxy) is 3. The highest BCUT2D eigenvalue weighted by molar-refractivity contribution is 6.21. The number of alkyl halides is 1. The lowest BCUT2D eigenvalue weighted by molar-refractivity contribution is 0.00587. The molecule has 1 aliphatic carbocycles. The van der Waals surface area contributed by atoms with E-state index < -0.39 is 23.8 Å². The number of carbonyl (C=O) groups is 4. The predicted octanol–water partition coefficient (Wildman–Crippen LogP) is 3.90. The molecular formula is C38H42FN9O7. The van der Waals surface area contributed by atoms with Crippen LogP contribution in [0.2, 0.25) is 0 Å². The Balaban J connectivity index is 0.961. The second kappa shape index (κ2) is 17.0. The maximum Gasteiger partial charge on any atom is 0.410 e. The molecule has 0 bridgehead atoms. The van der Waals surface area contributed by atoms with Crippen molar-refractivity contribution in [2.24, 2.45) is 0 Å². The number of nitriles is 1. The molecule has 0 saturated heterocycles. The number of aromatic nitrogens is 4. The summed E-state index contributed by atoms with van der Waals surface area (Å²) in [5.41, 5.74) is 1.61. The molecule has 1 aliphatic heterocycles. The van der Waals surface area contributed by atoms with E-state index in [2.05, 4.69) is 31.8 Å². The topological polar surface area (TPSA) is 194 Å². The van der Waals surface area contributed by atoms with Crippen LogP contribution in [-0.4, -0.2) is 124 Å². The van der Waals surface area contributed by atoms with Crippen LogP contribution in [0.5, 0.6) is 0 Å². The number of pyridine rings is 2. The fraction of sp³-hybridized carbons (Fsp3) is 0.421. The first-order valence-electron chi connectivity index (χ1n) is 17.9. The Hall–Kier alpha value is -5.99. The van der Waals surface area contributed by atoms with Gasteiger partial charge in [0.25, 0.3) is 17.7 Å². The van der Waals surface area contributed by atoms with Gasteiger partial charge in [-0.05, 0) is 51.8 Å². The third-order valence-corrected chi connectivity index (χ3v) is 8.61. The fourth-order valence-corrected chi connectivity index (χ4v) is 5.70. The summed E-state index contributed by atoms with van der Waals surface area (Å²) >= 11 is 0. The average molecular weight is 756 g/mol. The maximum atomic E-state index is 14.9. The van der Waals surface area contributed by atoms with Crippen LogP contribution < -0.4 is 10.6 Å². The van der Waals surface area contributed by atoms with Crippen molar-refractivity contribution in [2.45, 2.75) is 51.4 Å². The van der Waals surface area contributed by atoms with Gasteiger partial charge in [-0.1, -0.05) is 12.1 Å². The van der Waals surface area contributed by atoms with E-state index in [0.29, 0.717) is 39.2 Å². The van der Waals surface area contributed by atoms with Gasteiger partial charge >= 0.3 is 6.09 Å². The van der Waals surface area contributed by atoms with E-state index in [4.69, 9.17) is 14.2 Å². The van der Waals surface area contributed by atoms with Crippen LogP contribution in [0.3, 0.4) is 0 Å². The van der Waals surface area contributed by atoms with Crippen molar-refractivity contribution in [3.63, 3.8) is 0 Å². The van der Waals surface area contributed by atoms with Gasteiger partial charge in [0.2, 0.25) is 0 Å². The predicted molar refractivity (Wildman–Crippen MR) is 197 cm³/mol. The third-order valence-electron chi connectivity index (χ3n) is 8.61. The van der Waals surface area contributed by atoms with Gasteiger partial charge in [-0.25, -0.2) is 19.2 Å². The number of imide groups is 1. The average Bonchev–Trinajstić information content (AvgIpc) is 3.83. The Morgan fingerprint density at radius 2 is 1.73 bits per heavy atom. The number of nitrogens with one attached hydrogen (secondary N) is 2. The molecule has 1 aromatic carbocycles. The summed E-state index contributed by atoms with van der Waals surface area (Å²) in [5.74, 6) is -0.859. The van der Waals surface area contributed by atoms with Crippen LogP contribution in [0, 0.1) is 11.3 Å². The van der Waals surface area contributed by atoms with Gasteiger partial charge in [0.05, 0.1) is 73.7 Å². The SMILES string of the molecule is CC(C)(C)OC(=O)N(CCOCCN1C(=O)c2ccccc2C1=O)CCOCC(F)CNC(=O)c1cnc(-n2ncc3cc(C#N)cnc32)cc1NC1CC1. The molecule has 17 heteroatoms. The Kier molecular flexibility index (Phi) is 12.0. The summed E-state index contributed by atoms with van der Waals surface area (Å²) in [6.45, 7) is 4.95. The van der Waals surface area contributed by atoms with Crippen molar-refractivity contribution in [1.82, 2.24) is 34.9 Å². The highest BCUT2D eigenvalue weighted by Crippen LogP contribution is 2.28. The molecule has 3 aromatic heterocycles. The number of hydrogen-bond donors (Lipinski definition) is 2. The van der Waals surface area contributed by atoms with Crippen LogP contribution in [0.15, 0.2) is 55.0 Å². The molecule has 1 unspecified atom stereocenters. The molecule has 1 saturated carbocycles. The highest BCUT2D eigenvalue weighted by atomic mass is 19.1. The number of nitrogens with zero attached hydrogens (tertiary/aromatic N) is 7. The van der Waals surface area contributed by atoms with E-state index in [1.165, 1.54) is 22.0 Å². The minimum absolute atomic E-state index is 0.0156. The van der Waals surface area contributed by atoms with Crippen molar-refractivity contribution in [3.05, 3.63) is 77.2 Å². The number of carbonyl (C=O) groups excluding carboxylic acids is 4. The van der Waals surface area contributed by atoms with E-state index in [-0.39, 0.29) is 76.0 Å². The second-order valence-corrected chi connectivity index (χ2v) is 14.1. The zero-order valence-electron chi connectivity index (χ0n) is 30.8. The van der Waals surface area contributed by atoms with Crippen LogP contribution >= 0.6 is 0 Å². The molecule has 6 rings (SSSR count). The van der Waals surface area contributed by atoms with Gasteiger partial charge in [-0.15, -0.1) is 0 Å². The molecule has 2 N–H and O–H groups in total. The number of amides is 4. The second-order valence-electron chi connectivity index (χ2n) is 14.1. The lowest BCUT2D eigenvalue weighted by atomic mass is 10.1. The monoisotopic (exact) mass is 755 g/mol. The Morgan fingerprint density at radius 3 is 2.40 bits per heavy atom. The van der Waals surface area contributed by atoms with E-state index in [1.54, 1.807) is 63.4 Å². The van der Waals surface area contributed by atoms with Crippen molar-refractivity contribution in [3.8, 4) is 11.9 Å². The molecule has 0 radical (unpaired) electrons. The standard InChI is InChI=1S/C38H42FN9O7/c1-38(2,3)55-37(52)46(10-13-53-15-12-47-35(50)28-6-4-5-7-29(28)36(47)51)11-14-54-23-26(39)21-43-34(49)30-22-41-32(17-31(30)45-27-8-9-27)48-33-25(20-44-48)16-24(18-40)19-42-33/h4-7,16-17,19-20,22,26-27H,8-15,21,23H2,1-3H3,(H,41,45)(H,43,49). The number of rotatable bonds is 17. The molecule has 1 fully saturated rings. The van der Waals surface area contributed by atoms with Crippen molar-refractivity contribution in [1.29, 1.82) is 5.26 Å². The summed E-state index contributed by atoms with van der Waals surface area (Å²) in [6.07, 6.45) is 4.17. The molecule has 55 heavy (non-hydrogen) atoms. The minimum Gasteiger partial charge on any atom is -0.444 e. The van der Waals surface area contributed by atoms with Gasteiger partial charge in [-0.3, -0.25) is 19.3 Å². The van der Waals surface area contributed by atoms with Crippen molar-refractivity contribution >= 4 is 40.5 Å². The Morgan fingerprint density at radius 1 is 1.02 bits per heavy atom. The van der Waals surface area contributed by atoms with Gasteiger partial charge in [0.15, 0.2) is 11.5 Å². The zero-order valence-corrected chi connectivity index (χ0v) is 30.8. The van der Waals surface area contributed by atoms with Crippen LogP contribution in [0.4, 0.5) is 14.9 Å². The molecular weight excluding hydrogens is 713 g/mol. The summed E-state index contributed by atoms with van der Waals surface area (Å²) in [6, 6.07) is 12.2. The lowest BCUT2D eigenvalue weighted by Gasteiger charge is -2.27. The number of benzene rings is 1. The Bertz CT molecular complexity index is 2070. The van der Waals surface area contributed by atoms with Gasteiger partial charge < -0.3 is 29.7 Å². The number of hydrogen-bond acceptors (Lipinski definition) is 12. The van der Waals surface area contributed by atoms with Crippen molar-refractivity contribution in [2.75, 3.05) is 57.9 Å². The van der Waals surface area contributed by atoms with E-state index in [9.17, 15) is 28.8 Å². The summed E-state index contributed by atoms with van der Waals surface area (Å²) in [5, 5.41) is 20.1. The van der Waals surface area contributed by atoms with Gasteiger partial charge in [0, 0.05) is 43.0 Å². The number of anilines is 1. The number of halogens is 1. The van der Waals surface area contributed by atoms with E-state index in [1.807, 2.05) is 0 Å². The molecule has 4 aromatic rings. The van der Waals surface area contributed by atoms with Crippen LogP contribution in [0.1, 0.15) is 70.3 Å². The van der Waals surface area contributed by atoms with Crippen molar-refractivity contribution < 1.29 is 37.8 Å². The summed E-state index contributed by atoms with van der Waals surface area (Å²) < 4.78 is 33.1. The quantitative estimate of drug-likeness (QED) is 0.117. The molecule has 4 amide bonds. The first kappa shape index (κ1) is 38.7. The molecule has 0 spiro atoms. The highest BCUT2D eigenvalue weighted by Gasteiger charge is 2.34. The Labute approximate surface area is 316 Å². The molecule has 16 nitrogen and oxygen atoms in total. The van der Waals surface area contributed by atoms with Crippen LogP contribution in [0.25, 0.3) is 16.9 Å². The smallest absolute Gasteiger partial charge is 0.410 e. The van der Waals surface area contributed by atoms with E-state index in [0.717, 1.165) is 17.7 Å². The first-order chi connectivity index (χ1) is 26.4. The maximum absolute atomic E-state index is 14.9. The third kappa shape index (κ3) is 9.77. The first-order valence-corrected chi connectivity index (χ1v) is 17.9.